The molecule has 0 aliphatic carbocycles. The van der Waals surface area contributed by atoms with Crippen LogP contribution in [0.4, 0.5) is 18.0 Å². The highest BCUT2D eigenvalue weighted by molar-refractivity contribution is 5.79. The van der Waals surface area contributed by atoms with Gasteiger partial charge in [0.1, 0.15) is 0 Å². The van der Waals surface area contributed by atoms with Crippen molar-refractivity contribution in [3.05, 3.63) is 0 Å². The summed E-state index contributed by atoms with van der Waals surface area (Å²) >= 11 is 0. The van der Waals surface area contributed by atoms with E-state index in [-0.39, 0.29) is 25.9 Å². The molecule has 8 heteroatoms. The summed E-state index contributed by atoms with van der Waals surface area (Å²) in [5.41, 5.74) is -0.937. The van der Waals surface area contributed by atoms with E-state index in [9.17, 15) is 22.8 Å². The van der Waals surface area contributed by atoms with Gasteiger partial charge in [0.25, 0.3) is 0 Å². The van der Waals surface area contributed by atoms with E-state index in [4.69, 9.17) is 5.11 Å². The molecule has 0 radical (unpaired) electrons. The number of amides is 2. The highest BCUT2D eigenvalue weighted by atomic mass is 19.4. The smallest absolute Gasteiger partial charge is 0.389 e. The number of carbonyl (C=O) groups excluding carboxylic acids is 1. The van der Waals surface area contributed by atoms with E-state index in [0.29, 0.717) is 13.0 Å². The number of nitrogens with zero attached hydrogens (tertiary/aromatic N) is 1. The van der Waals surface area contributed by atoms with E-state index in [0.717, 1.165) is 0 Å². The molecule has 0 aromatic rings. The molecule has 1 fully saturated rings. The predicted octanol–water partition coefficient (Wildman–Crippen LogP) is 2.23. The van der Waals surface area contributed by atoms with E-state index in [1.807, 2.05) is 0 Å². The minimum Gasteiger partial charge on any atom is -0.481 e. The SMILES string of the molecule is CC1(C(=O)O)CCN(C(=O)NCCCCC(F)(F)F)C1. The standard InChI is InChI=1S/C12H19F3N2O3/c1-11(9(18)19)5-7-17(8-11)10(20)16-6-3-2-4-12(13,14)15/h2-8H2,1H3,(H,16,20)(H,18,19). The van der Waals surface area contributed by atoms with Gasteiger partial charge in [-0.1, -0.05) is 0 Å². The third-order valence-corrected chi connectivity index (χ3v) is 3.44. The summed E-state index contributed by atoms with van der Waals surface area (Å²) in [5.74, 6) is -0.946. The zero-order valence-corrected chi connectivity index (χ0v) is 11.3. The molecule has 1 saturated heterocycles. The first-order chi connectivity index (χ1) is 9.14. The molecule has 2 N–H and O–H groups in total. The molecular formula is C12H19F3N2O3. The fraction of sp³-hybridized carbons (Fsp3) is 0.833. The summed E-state index contributed by atoms with van der Waals surface area (Å²) < 4.78 is 35.7. The Balaban J connectivity index is 2.23. The molecule has 1 atom stereocenters. The number of nitrogens with one attached hydrogen (secondary N) is 1. The van der Waals surface area contributed by atoms with Gasteiger partial charge in [0.2, 0.25) is 0 Å². The lowest BCUT2D eigenvalue weighted by atomic mass is 9.90. The number of halogens is 3. The summed E-state index contributed by atoms with van der Waals surface area (Å²) in [6.45, 7) is 2.20. The minimum absolute atomic E-state index is 0.0311. The number of rotatable bonds is 5. The van der Waals surface area contributed by atoms with E-state index in [2.05, 4.69) is 5.32 Å². The number of alkyl halides is 3. The molecule has 0 bridgehead atoms. The lowest BCUT2D eigenvalue weighted by Crippen LogP contribution is -2.41. The van der Waals surface area contributed by atoms with Gasteiger partial charge in [0.15, 0.2) is 0 Å². The fourth-order valence-electron chi connectivity index (χ4n) is 2.07. The minimum atomic E-state index is -4.16. The average molecular weight is 296 g/mol. The molecule has 2 amide bonds. The summed E-state index contributed by atoms with van der Waals surface area (Å²) in [4.78, 5) is 24.1. The molecule has 0 saturated carbocycles. The lowest BCUT2D eigenvalue weighted by molar-refractivity contribution is -0.147. The zero-order chi connectivity index (χ0) is 15.4. The number of carboxylic acid groups (broad SMARTS) is 1. The van der Waals surface area contributed by atoms with Crippen LogP contribution in [0.3, 0.4) is 0 Å². The van der Waals surface area contributed by atoms with Gasteiger partial charge < -0.3 is 15.3 Å². The quantitative estimate of drug-likeness (QED) is 0.764. The summed E-state index contributed by atoms with van der Waals surface area (Å²) in [6.07, 6.45) is -4.43. The lowest BCUT2D eigenvalue weighted by Gasteiger charge is -2.20. The van der Waals surface area contributed by atoms with Gasteiger partial charge in [0, 0.05) is 26.1 Å². The summed E-state index contributed by atoms with van der Waals surface area (Å²) in [5, 5.41) is 11.5. The van der Waals surface area contributed by atoms with Crippen LogP contribution in [0.25, 0.3) is 0 Å². The van der Waals surface area contributed by atoms with Crippen molar-refractivity contribution in [2.24, 2.45) is 5.41 Å². The molecule has 116 valence electrons. The molecule has 0 aromatic heterocycles. The predicted molar refractivity (Wildman–Crippen MR) is 65.2 cm³/mol. The van der Waals surface area contributed by atoms with Crippen molar-refractivity contribution < 1.29 is 27.9 Å². The van der Waals surface area contributed by atoms with Gasteiger partial charge in [-0.05, 0) is 26.2 Å². The van der Waals surface area contributed by atoms with Crippen LogP contribution in [0.2, 0.25) is 0 Å². The van der Waals surface area contributed by atoms with Gasteiger partial charge in [-0.25, -0.2) is 4.79 Å². The van der Waals surface area contributed by atoms with E-state index in [1.54, 1.807) is 6.92 Å². The van der Waals surface area contributed by atoms with Crippen LogP contribution in [-0.2, 0) is 4.79 Å². The molecule has 5 nitrogen and oxygen atoms in total. The van der Waals surface area contributed by atoms with Crippen molar-refractivity contribution in [1.82, 2.24) is 10.2 Å². The van der Waals surface area contributed by atoms with E-state index >= 15 is 0 Å². The monoisotopic (exact) mass is 296 g/mol. The highest BCUT2D eigenvalue weighted by Crippen LogP contribution is 2.30. The van der Waals surface area contributed by atoms with Gasteiger partial charge >= 0.3 is 18.2 Å². The summed E-state index contributed by atoms with van der Waals surface area (Å²) in [6, 6.07) is -0.415. The van der Waals surface area contributed by atoms with E-state index < -0.39 is 30.0 Å². The fourth-order valence-corrected chi connectivity index (χ4v) is 2.07. The van der Waals surface area contributed by atoms with Crippen LogP contribution in [-0.4, -0.2) is 47.8 Å². The number of carbonyl (C=O) groups is 2. The normalized spacial score (nSPS) is 22.9. The number of unbranched alkanes of at least 4 members (excludes halogenated alkanes) is 1. The van der Waals surface area contributed by atoms with Crippen molar-refractivity contribution in [1.29, 1.82) is 0 Å². The van der Waals surface area contributed by atoms with Gasteiger partial charge in [-0.3, -0.25) is 4.79 Å². The van der Waals surface area contributed by atoms with Crippen molar-refractivity contribution in [2.75, 3.05) is 19.6 Å². The summed E-state index contributed by atoms with van der Waals surface area (Å²) in [7, 11) is 0. The largest absolute Gasteiger partial charge is 0.481 e. The second-order valence-corrected chi connectivity index (χ2v) is 5.34. The Morgan fingerprint density at radius 2 is 2.00 bits per heavy atom. The Morgan fingerprint density at radius 1 is 1.35 bits per heavy atom. The van der Waals surface area contributed by atoms with E-state index in [1.165, 1.54) is 4.90 Å². The Bertz CT molecular complexity index is 373. The molecular weight excluding hydrogens is 277 g/mol. The van der Waals surface area contributed by atoms with Crippen LogP contribution in [0, 0.1) is 5.41 Å². The maximum atomic E-state index is 11.9. The second-order valence-electron chi connectivity index (χ2n) is 5.34. The van der Waals surface area contributed by atoms with Crippen LogP contribution in [0.1, 0.15) is 32.6 Å². The van der Waals surface area contributed by atoms with Crippen molar-refractivity contribution in [3.63, 3.8) is 0 Å². The average Bonchev–Trinajstić information content (AvgIpc) is 2.71. The number of aliphatic carboxylic acids is 1. The molecule has 0 spiro atoms. The Labute approximate surface area is 115 Å². The number of urea groups is 1. The first-order valence-electron chi connectivity index (χ1n) is 6.47. The number of carboxylic acids is 1. The Kier molecular flexibility index (Phi) is 5.24. The maximum Gasteiger partial charge on any atom is 0.389 e. The Hall–Kier alpha value is -1.47. The second kappa shape index (κ2) is 6.32. The molecule has 1 rings (SSSR count). The zero-order valence-electron chi connectivity index (χ0n) is 11.3. The van der Waals surface area contributed by atoms with Gasteiger partial charge in [-0.2, -0.15) is 13.2 Å². The van der Waals surface area contributed by atoms with Crippen molar-refractivity contribution in [3.8, 4) is 0 Å². The van der Waals surface area contributed by atoms with Crippen molar-refractivity contribution in [2.45, 2.75) is 38.8 Å². The van der Waals surface area contributed by atoms with Crippen LogP contribution in [0.15, 0.2) is 0 Å². The first-order valence-corrected chi connectivity index (χ1v) is 6.47. The molecule has 1 aliphatic heterocycles. The number of hydrogen-bond donors (Lipinski definition) is 2. The molecule has 1 unspecified atom stereocenters. The number of likely N-dealkylation sites (tertiary alicyclic amines) is 1. The third-order valence-electron chi connectivity index (χ3n) is 3.44. The van der Waals surface area contributed by atoms with Crippen LogP contribution in [0.5, 0.6) is 0 Å². The Morgan fingerprint density at radius 3 is 2.50 bits per heavy atom. The first kappa shape index (κ1) is 16.6. The van der Waals surface area contributed by atoms with Crippen LogP contribution >= 0.6 is 0 Å². The van der Waals surface area contributed by atoms with Crippen LogP contribution < -0.4 is 5.32 Å². The molecule has 0 aromatic carbocycles. The highest BCUT2D eigenvalue weighted by Gasteiger charge is 2.42. The maximum absolute atomic E-state index is 11.9. The molecule has 1 heterocycles. The topological polar surface area (TPSA) is 69.6 Å². The molecule has 20 heavy (non-hydrogen) atoms. The number of hydrogen-bond acceptors (Lipinski definition) is 2. The molecule has 1 aliphatic rings. The van der Waals surface area contributed by atoms with Crippen molar-refractivity contribution >= 4 is 12.0 Å². The third kappa shape index (κ3) is 4.90. The van der Waals surface area contributed by atoms with Gasteiger partial charge in [-0.15, -0.1) is 0 Å². The van der Waals surface area contributed by atoms with Gasteiger partial charge in [0.05, 0.1) is 5.41 Å².